The lowest BCUT2D eigenvalue weighted by Crippen LogP contribution is -1.89. The van der Waals surface area contributed by atoms with Crippen LogP contribution in [-0.2, 0) is 13.0 Å². The second kappa shape index (κ2) is 3.08. The fourth-order valence-electron chi connectivity index (χ4n) is 1.98. The summed E-state index contributed by atoms with van der Waals surface area (Å²) in [4.78, 5) is 0. The Morgan fingerprint density at radius 1 is 1.47 bits per heavy atom. The maximum absolute atomic E-state index is 9.08. The molecule has 2 aromatic rings. The quantitative estimate of drug-likeness (QED) is 0.686. The Morgan fingerprint density at radius 3 is 3.13 bits per heavy atom. The summed E-state index contributed by atoms with van der Waals surface area (Å²) >= 11 is 5.91. The summed E-state index contributed by atoms with van der Waals surface area (Å²) < 4.78 is 5.21. The van der Waals surface area contributed by atoms with E-state index in [2.05, 4.69) is 5.16 Å². The van der Waals surface area contributed by atoms with Crippen molar-refractivity contribution in [1.82, 2.24) is 5.16 Å². The van der Waals surface area contributed by atoms with Crippen LogP contribution < -0.4 is 0 Å². The van der Waals surface area contributed by atoms with Gasteiger partial charge in [0.15, 0.2) is 5.76 Å². The highest BCUT2D eigenvalue weighted by Gasteiger charge is 2.26. The molecule has 3 nitrogen and oxygen atoms in total. The molecular formula is C11H8ClNO2. The second-order valence-corrected chi connectivity index (χ2v) is 4.01. The highest BCUT2D eigenvalue weighted by atomic mass is 35.5. The van der Waals surface area contributed by atoms with E-state index in [4.69, 9.17) is 21.2 Å². The molecule has 76 valence electrons. The van der Waals surface area contributed by atoms with Gasteiger partial charge < -0.3 is 9.63 Å². The van der Waals surface area contributed by atoms with Crippen LogP contribution in [0.5, 0.6) is 0 Å². The van der Waals surface area contributed by atoms with Gasteiger partial charge in [0.05, 0.1) is 6.61 Å². The van der Waals surface area contributed by atoms with Gasteiger partial charge in [-0.25, -0.2) is 0 Å². The van der Waals surface area contributed by atoms with Gasteiger partial charge in [0.2, 0.25) is 0 Å². The molecule has 0 saturated heterocycles. The fourth-order valence-corrected chi connectivity index (χ4v) is 2.18. The maximum Gasteiger partial charge on any atom is 0.171 e. The van der Waals surface area contributed by atoms with Gasteiger partial charge >= 0.3 is 0 Å². The van der Waals surface area contributed by atoms with E-state index in [1.165, 1.54) is 0 Å². The molecule has 1 N–H and O–H groups in total. The Balaban J connectivity index is 2.20. The van der Waals surface area contributed by atoms with E-state index in [-0.39, 0.29) is 6.61 Å². The van der Waals surface area contributed by atoms with Crippen LogP contribution >= 0.6 is 11.6 Å². The number of hydrogen-bond donors (Lipinski definition) is 1. The molecule has 1 aromatic heterocycles. The van der Waals surface area contributed by atoms with Crippen molar-refractivity contribution in [3.05, 3.63) is 40.0 Å². The molecule has 1 aliphatic rings. The number of hydrogen-bond acceptors (Lipinski definition) is 3. The molecule has 0 fully saturated rings. The van der Waals surface area contributed by atoms with Gasteiger partial charge in [-0.05, 0) is 23.8 Å². The minimum atomic E-state index is -0.0828. The number of fused-ring (bicyclic) bond motifs is 3. The zero-order valence-electron chi connectivity index (χ0n) is 7.83. The summed E-state index contributed by atoms with van der Waals surface area (Å²) in [6.07, 6.45) is 0.741. The van der Waals surface area contributed by atoms with E-state index >= 15 is 0 Å². The average Bonchev–Trinajstić information content (AvgIpc) is 2.74. The predicted octanol–water partition coefficient (Wildman–Crippen LogP) is 2.39. The first-order chi connectivity index (χ1) is 7.29. The largest absolute Gasteiger partial charge is 0.390 e. The predicted molar refractivity (Wildman–Crippen MR) is 55.7 cm³/mol. The fraction of sp³-hybridized carbons (Fsp3) is 0.182. The van der Waals surface area contributed by atoms with Crippen LogP contribution in [0.3, 0.4) is 0 Å². The molecule has 0 aliphatic heterocycles. The average molecular weight is 222 g/mol. The lowest BCUT2D eigenvalue weighted by atomic mass is 10.1. The highest BCUT2D eigenvalue weighted by Crippen LogP contribution is 2.39. The van der Waals surface area contributed by atoms with Crippen molar-refractivity contribution in [2.24, 2.45) is 0 Å². The molecule has 0 unspecified atom stereocenters. The molecule has 4 heteroatoms. The Kier molecular flexibility index (Phi) is 1.84. The Bertz CT molecular complexity index is 533. The molecule has 3 rings (SSSR count). The van der Waals surface area contributed by atoms with Gasteiger partial charge in [0.25, 0.3) is 0 Å². The molecule has 15 heavy (non-hydrogen) atoms. The van der Waals surface area contributed by atoms with Crippen LogP contribution in [0.4, 0.5) is 0 Å². The second-order valence-electron chi connectivity index (χ2n) is 3.57. The van der Waals surface area contributed by atoms with Crippen molar-refractivity contribution in [1.29, 1.82) is 0 Å². The first-order valence-corrected chi connectivity index (χ1v) is 5.04. The lowest BCUT2D eigenvalue weighted by Gasteiger charge is -1.98. The standard InChI is InChI=1S/C11H8ClNO2/c12-7-1-2-8-6(3-7)4-9-10(5-14)13-15-11(8)9/h1-3,14H,4-5H2. The van der Waals surface area contributed by atoms with E-state index in [0.29, 0.717) is 5.69 Å². The van der Waals surface area contributed by atoms with Crippen molar-refractivity contribution < 1.29 is 9.63 Å². The van der Waals surface area contributed by atoms with Gasteiger partial charge in [-0.3, -0.25) is 0 Å². The third-order valence-electron chi connectivity index (χ3n) is 2.70. The molecule has 0 amide bonds. The van der Waals surface area contributed by atoms with Crippen LogP contribution in [-0.4, -0.2) is 10.3 Å². The maximum atomic E-state index is 9.08. The summed E-state index contributed by atoms with van der Waals surface area (Å²) in [6, 6.07) is 5.68. The van der Waals surface area contributed by atoms with Gasteiger partial charge in [-0.1, -0.05) is 16.8 Å². The molecule has 0 radical (unpaired) electrons. The Morgan fingerprint density at radius 2 is 2.33 bits per heavy atom. The summed E-state index contributed by atoms with van der Waals surface area (Å²) in [6.45, 7) is -0.0828. The minimum Gasteiger partial charge on any atom is -0.390 e. The zero-order valence-corrected chi connectivity index (χ0v) is 8.58. The van der Waals surface area contributed by atoms with Crippen molar-refractivity contribution in [2.45, 2.75) is 13.0 Å². The molecule has 1 aromatic carbocycles. The lowest BCUT2D eigenvalue weighted by molar-refractivity contribution is 0.266. The van der Waals surface area contributed by atoms with Crippen molar-refractivity contribution in [3.63, 3.8) is 0 Å². The normalized spacial score (nSPS) is 12.7. The van der Waals surface area contributed by atoms with E-state index in [9.17, 15) is 0 Å². The number of aliphatic hydroxyl groups excluding tert-OH is 1. The summed E-state index contributed by atoms with van der Waals surface area (Å²) in [5.74, 6) is 0.769. The molecule has 0 atom stereocenters. The molecule has 1 aliphatic carbocycles. The number of aromatic nitrogens is 1. The molecule has 0 spiro atoms. The van der Waals surface area contributed by atoms with Crippen LogP contribution in [0.25, 0.3) is 11.3 Å². The summed E-state index contributed by atoms with van der Waals surface area (Å²) in [7, 11) is 0. The highest BCUT2D eigenvalue weighted by molar-refractivity contribution is 6.30. The van der Waals surface area contributed by atoms with E-state index < -0.39 is 0 Å². The third kappa shape index (κ3) is 1.20. The van der Waals surface area contributed by atoms with E-state index in [1.807, 2.05) is 18.2 Å². The van der Waals surface area contributed by atoms with Crippen LogP contribution in [0.1, 0.15) is 16.8 Å². The van der Waals surface area contributed by atoms with Gasteiger partial charge in [-0.2, -0.15) is 0 Å². The first kappa shape index (κ1) is 8.95. The molecule has 0 saturated carbocycles. The third-order valence-corrected chi connectivity index (χ3v) is 2.93. The molecular weight excluding hydrogens is 214 g/mol. The number of benzene rings is 1. The zero-order chi connectivity index (χ0) is 10.4. The van der Waals surface area contributed by atoms with Crippen molar-refractivity contribution in [2.75, 3.05) is 0 Å². The number of aliphatic hydroxyl groups is 1. The van der Waals surface area contributed by atoms with E-state index in [0.717, 1.165) is 33.9 Å². The summed E-state index contributed by atoms with van der Waals surface area (Å²) in [5.41, 5.74) is 3.77. The number of nitrogens with zero attached hydrogens (tertiary/aromatic N) is 1. The van der Waals surface area contributed by atoms with Crippen LogP contribution in [0, 0.1) is 0 Å². The molecule has 1 heterocycles. The number of rotatable bonds is 1. The van der Waals surface area contributed by atoms with E-state index in [1.54, 1.807) is 0 Å². The Hall–Kier alpha value is -1.32. The topological polar surface area (TPSA) is 46.3 Å². The Labute approximate surface area is 91.3 Å². The van der Waals surface area contributed by atoms with Gasteiger partial charge in [0, 0.05) is 22.6 Å². The molecule has 0 bridgehead atoms. The minimum absolute atomic E-state index is 0.0828. The van der Waals surface area contributed by atoms with Crippen LogP contribution in [0.15, 0.2) is 22.7 Å². The van der Waals surface area contributed by atoms with Crippen molar-refractivity contribution >= 4 is 11.6 Å². The summed E-state index contributed by atoms with van der Waals surface area (Å²) in [5, 5.41) is 13.6. The van der Waals surface area contributed by atoms with Crippen molar-refractivity contribution in [3.8, 4) is 11.3 Å². The number of halogens is 1. The van der Waals surface area contributed by atoms with Gasteiger partial charge in [0.1, 0.15) is 5.69 Å². The smallest absolute Gasteiger partial charge is 0.171 e. The first-order valence-electron chi connectivity index (χ1n) is 4.66. The van der Waals surface area contributed by atoms with Gasteiger partial charge in [-0.15, -0.1) is 0 Å². The SMILES string of the molecule is OCc1noc2c1Cc1cc(Cl)ccc1-2. The van der Waals surface area contributed by atoms with Crippen LogP contribution in [0.2, 0.25) is 5.02 Å². The monoisotopic (exact) mass is 221 g/mol.